The van der Waals surface area contributed by atoms with Crippen molar-refractivity contribution in [1.29, 1.82) is 0 Å². The van der Waals surface area contributed by atoms with Crippen LogP contribution in [0, 0.1) is 11.8 Å². The first-order chi connectivity index (χ1) is 9.43. The molecule has 0 aliphatic carbocycles. The third-order valence-corrected chi connectivity index (χ3v) is 2.79. The van der Waals surface area contributed by atoms with Gasteiger partial charge in [-0.05, 0) is 5.92 Å². The summed E-state index contributed by atoms with van der Waals surface area (Å²) in [6.45, 7) is 4.00. The van der Waals surface area contributed by atoms with Crippen molar-refractivity contribution in [3.8, 4) is 0 Å². The van der Waals surface area contributed by atoms with Crippen LogP contribution in [0.5, 0.6) is 0 Å². The molecular formula is C11H16F6N4. The van der Waals surface area contributed by atoms with E-state index in [0.29, 0.717) is 6.54 Å². The summed E-state index contributed by atoms with van der Waals surface area (Å²) in [5.74, 6) is -3.47. The van der Waals surface area contributed by atoms with Crippen molar-refractivity contribution < 1.29 is 26.3 Å². The van der Waals surface area contributed by atoms with Crippen LogP contribution in [0.3, 0.4) is 0 Å². The van der Waals surface area contributed by atoms with Gasteiger partial charge in [0.25, 0.3) is 0 Å². The van der Waals surface area contributed by atoms with E-state index < -0.39 is 30.7 Å². The Balaban J connectivity index is 2.93. The van der Waals surface area contributed by atoms with Crippen LogP contribution in [0.4, 0.5) is 26.3 Å². The molecule has 0 saturated carbocycles. The second-order valence-electron chi connectivity index (χ2n) is 5.18. The van der Waals surface area contributed by atoms with Crippen molar-refractivity contribution in [2.24, 2.45) is 17.6 Å². The number of hydrogen-bond donors (Lipinski definition) is 1. The predicted octanol–water partition coefficient (Wildman–Crippen LogP) is 2.54. The van der Waals surface area contributed by atoms with Crippen LogP contribution in [0.15, 0.2) is 6.33 Å². The Labute approximate surface area is 117 Å². The molecule has 0 saturated heterocycles. The summed E-state index contributed by atoms with van der Waals surface area (Å²) < 4.78 is 76.6. The number of rotatable bonds is 5. The number of aromatic nitrogens is 3. The van der Waals surface area contributed by atoms with Crippen molar-refractivity contribution in [1.82, 2.24) is 14.8 Å². The maximum absolute atomic E-state index is 12.6. The molecule has 0 radical (unpaired) electrons. The molecule has 0 amide bonds. The zero-order chi connectivity index (χ0) is 16.4. The highest BCUT2D eigenvalue weighted by Gasteiger charge is 2.59. The lowest BCUT2D eigenvalue weighted by molar-refractivity contribution is -0.289. The fraction of sp³-hybridized carbons (Fsp3) is 0.818. The van der Waals surface area contributed by atoms with E-state index in [9.17, 15) is 26.3 Å². The highest BCUT2D eigenvalue weighted by atomic mass is 19.4. The Morgan fingerprint density at radius 1 is 1.14 bits per heavy atom. The minimum Gasteiger partial charge on any atom is -0.326 e. The Hall–Kier alpha value is -1.32. The molecule has 122 valence electrons. The van der Waals surface area contributed by atoms with Gasteiger partial charge in [-0.15, -0.1) is 0 Å². The molecule has 4 nitrogen and oxygen atoms in total. The summed E-state index contributed by atoms with van der Waals surface area (Å²) in [5.41, 5.74) is 5.16. The highest BCUT2D eigenvalue weighted by Crippen LogP contribution is 2.41. The predicted molar refractivity (Wildman–Crippen MR) is 62.1 cm³/mol. The largest absolute Gasteiger partial charge is 0.402 e. The molecule has 1 heterocycles. The van der Waals surface area contributed by atoms with Gasteiger partial charge in [-0.1, -0.05) is 13.8 Å². The van der Waals surface area contributed by atoms with Gasteiger partial charge >= 0.3 is 12.4 Å². The monoisotopic (exact) mass is 318 g/mol. The van der Waals surface area contributed by atoms with Gasteiger partial charge in [-0.2, -0.15) is 31.4 Å². The summed E-state index contributed by atoms with van der Waals surface area (Å²) in [4.78, 5) is 3.69. The molecule has 1 aromatic heterocycles. The summed E-state index contributed by atoms with van der Waals surface area (Å²) in [7, 11) is 0. The second kappa shape index (κ2) is 6.20. The molecular weight excluding hydrogens is 302 g/mol. The van der Waals surface area contributed by atoms with Crippen molar-refractivity contribution in [2.45, 2.75) is 45.2 Å². The molecule has 10 heteroatoms. The first kappa shape index (κ1) is 17.7. The molecule has 1 unspecified atom stereocenters. The molecule has 2 N–H and O–H groups in total. The van der Waals surface area contributed by atoms with Crippen LogP contribution < -0.4 is 5.73 Å². The molecule has 21 heavy (non-hydrogen) atoms. The SMILES string of the molecule is CC(C)Cn1ncnc1CC(N)C(C(F)(F)F)C(F)(F)F. The van der Waals surface area contributed by atoms with E-state index in [4.69, 9.17) is 5.73 Å². The average molecular weight is 318 g/mol. The molecule has 1 aromatic rings. The minimum atomic E-state index is -5.46. The molecule has 1 rings (SSSR count). The van der Waals surface area contributed by atoms with Gasteiger partial charge in [-0.25, -0.2) is 9.67 Å². The van der Waals surface area contributed by atoms with Gasteiger partial charge in [0, 0.05) is 19.0 Å². The molecule has 0 aliphatic rings. The standard InChI is InChI=1S/C11H16F6N4/c1-6(2)4-21-8(19-5-20-21)3-7(18)9(10(12,13)14)11(15,16)17/h5-7,9H,3-4,18H2,1-2H3. The summed E-state index contributed by atoms with van der Waals surface area (Å²) in [6.07, 6.45) is -10.5. The van der Waals surface area contributed by atoms with Crippen molar-refractivity contribution in [2.75, 3.05) is 0 Å². The van der Waals surface area contributed by atoms with Gasteiger partial charge in [0.1, 0.15) is 12.2 Å². The van der Waals surface area contributed by atoms with Crippen LogP contribution in [-0.2, 0) is 13.0 Å². The first-order valence-electron chi connectivity index (χ1n) is 6.18. The topological polar surface area (TPSA) is 56.7 Å². The molecule has 0 spiro atoms. The maximum atomic E-state index is 12.6. The quantitative estimate of drug-likeness (QED) is 0.849. The van der Waals surface area contributed by atoms with Crippen LogP contribution in [-0.4, -0.2) is 33.2 Å². The Kier molecular flexibility index (Phi) is 5.24. The lowest BCUT2D eigenvalue weighted by Crippen LogP contribution is -2.50. The van der Waals surface area contributed by atoms with E-state index in [1.165, 1.54) is 4.68 Å². The second-order valence-corrected chi connectivity index (χ2v) is 5.18. The van der Waals surface area contributed by atoms with Crippen LogP contribution in [0.25, 0.3) is 0 Å². The van der Waals surface area contributed by atoms with Crippen LogP contribution in [0.1, 0.15) is 19.7 Å². The number of halogens is 6. The number of nitrogens with two attached hydrogens (primary N) is 1. The summed E-state index contributed by atoms with van der Waals surface area (Å²) in [5, 5.41) is 3.78. The first-order valence-corrected chi connectivity index (χ1v) is 6.18. The third kappa shape index (κ3) is 4.87. The van der Waals surface area contributed by atoms with Crippen molar-refractivity contribution in [3.63, 3.8) is 0 Å². The van der Waals surface area contributed by atoms with E-state index >= 15 is 0 Å². The van der Waals surface area contributed by atoms with Crippen LogP contribution >= 0.6 is 0 Å². The number of alkyl halides is 6. The number of hydrogen-bond acceptors (Lipinski definition) is 3. The summed E-state index contributed by atoms with van der Waals surface area (Å²) >= 11 is 0. The number of nitrogens with zero attached hydrogens (tertiary/aromatic N) is 3. The van der Waals surface area contributed by atoms with Gasteiger partial charge in [0.15, 0.2) is 5.92 Å². The average Bonchev–Trinajstić information content (AvgIpc) is 2.59. The Bertz CT molecular complexity index is 436. The molecule has 0 aliphatic heterocycles. The van der Waals surface area contributed by atoms with E-state index in [1.54, 1.807) is 0 Å². The zero-order valence-corrected chi connectivity index (χ0v) is 11.4. The fourth-order valence-corrected chi connectivity index (χ4v) is 1.94. The van der Waals surface area contributed by atoms with Crippen molar-refractivity contribution >= 4 is 0 Å². The maximum Gasteiger partial charge on any atom is 0.402 e. The third-order valence-electron chi connectivity index (χ3n) is 2.79. The lowest BCUT2D eigenvalue weighted by Gasteiger charge is -2.28. The molecule has 0 aromatic carbocycles. The highest BCUT2D eigenvalue weighted by molar-refractivity contribution is 4.95. The molecule has 1 atom stereocenters. The fourth-order valence-electron chi connectivity index (χ4n) is 1.94. The molecule has 0 bridgehead atoms. The minimum absolute atomic E-state index is 0.00898. The normalized spacial score (nSPS) is 15.0. The molecule has 0 fully saturated rings. The van der Waals surface area contributed by atoms with E-state index in [2.05, 4.69) is 10.1 Å². The van der Waals surface area contributed by atoms with Gasteiger partial charge in [0.05, 0.1) is 0 Å². The van der Waals surface area contributed by atoms with Gasteiger partial charge < -0.3 is 5.73 Å². The Morgan fingerprint density at radius 2 is 1.67 bits per heavy atom. The van der Waals surface area contributed by atoms with Gasteiger partial charge in [0.2, 0.25) is 0 Å². The smallest absolute Gasteiger partial charge is 0.326 e. The van der Waals surface area contributed by atoms with E-state index in [-0.39, 0.29) is 11.7 Å². The van der Waals surface area contributed by atoms with E-state index in [1.807, 2.05) is 13.8 Å². The van der Waals surface area contributed by atoms with Gasteiger partial charge in [-0.3, -0.25) is 0 Å². The van der Waals surface area contributed by atoms with Crippen LogP contribution in [0.2, 0.25) is 0 Å². The lowest BCUT2D eigenvalue weighted by atomic mass is 9.96. The van der Waals surface area contributed by atoms with Crippen molar-refractivity contribution in [3.05, 3.63) is 12.2 Å². The summed E-state index contributed by atoms with van der Waals surface area (Å²) in [6, 6.07) is -2.17. The van der Waals surface area contributed by atoms with E-state index in [0.717, 1.165) is 6.33 Å². The zero-order valence-electron chi connectivity index (χ0n) is 11.4. The Morgan fingerprint density at radius 3 is 2.10 bits per heavy atom.